The minimum atomic E-state index is 0.684. The Bertz CT molecular complexity index is 629. The van der Waals surface area contributed by atoms with Crippen LogP contribution in [0.3, 0.4) is 0 Å². The average Bonchev–Trinajstić information content (AvgIpc) is 2.80. The first-order chi connectivity index (χ1) is 9.79. The van der Waals surface area contributed by atoms with Crippen molar-refractivity contribution < 1.29 is 0 Å². The van der Waals surface area contributed by atoms with Gasteiger partial charge in [-0.2, -0.15) is 0 Å². The third-order valence-corrected chi connectivity index (χ3v) is 4.78. The van der Waals surface area contributed by atoms with Crippen LogP contribution in [-0.4, -0.2) is 42.1 Å². The summed E-state index contributed by atoms with van der Waals surface area (Å²) < 4.78 is 0. The molecule has 0 saturated carbocycles. The number of hydrogen-bond donors (Lipinski definition) is 0. The van der Waals surface area contributed by atoms with Crippen molar-refractivity contribution in [3.05, 3.63) is 35.9 Å². The standard InChI is InChI=1S/C17H21N3/c1-13-2-4-16-14(12-13)3-5-17(18-16)20-11-10-19-8-6-15(20)7-9-19/h2-5,12,15H,6-11H2,1H3. The fourth-order valence-corrected chi connectivity index (χ4v) is 3.58. The van der Waals surface area contributed by atoms with Gasteiger partial charge in [-0.1, -0.05) is 11.6 Å². The number of pyridine rings is 1. The summed E-state index contributed by atoms with van der Waals surface area (Å²) in [6.45, 7) is 6.95. The van der Waals surface area contributed by atoms with E-state index in [0.29, 0.717) is 6.04 Å². The lowest BCUT2D eigenvalue weighted by atomic mass is 10.1. The first-order valence-electron chi connectivity index (χ1n) is 7.66. The molecule has 3 nitrogen and oxygen atoms in total. The summed E-state index contributed by atoms with van der Waals surface area (Å²) in [6.07, 6.45) is 2.57. The van der Waals surface area contributed by atoms with Crippen LogP contribution in [0, 0.1) is 6.92 Å². The van der Waals surface area contributed by atoms with Crippen molar-refractivity contribution in [2.24, 2.45) is 0 Å². The molecule has 0 aliphatic carbocycles. The average molecular weight is 267 g/mol. The first kappa shape index (κ1) is 12.2. The largest absolute Gasteiger partial charge is 0.352 e. The van der Waals surface area contributed by atoms with Gasteiger partial charge in [-0.25, -0.2) is 4.98 Å². The van der Waals surface area contributed by atoms with Crippen LogP contribution in [0.2, 0.25) is 0 Å². The molecule has 20 heavy (non-hydrogen) atoms. The van der Waals surface area contributed by atoms with Crippen LogP contribution in [0.5, 0.6) is 0 Å². The minimum Gasteiger partial charge on any atom is -0.352 e. The van der Waals surface area contributed by atoms with Crippen LogP contribution in [0.1, 0.15) is 18.4 Å². The maximum atomic E-state index is 4.91. The summed E-state index contributed by atoms with van der Waals surface area (Å²) in [6, 6.07) is 11.6. The van der Waals surface area contributed by atoms with Gasteiger partial charge in [0.1, 0.15) is 5.82 Å². The van der Waals surface area contributed by atoms with Crippen molar-refractivity contribution in [2.45, 2.75) is 25.8 Å². The summed E-state index contributed by atoms with van der Waals surface area (Å²) in [5, 5.41) is 1.25. The SMILES string of the molecule is Cc1ccc2nc(N3CCN4CCC3CC4)ccc2c1. The molecular formula is C17H21N3. The number of piperidine rings is 1. The van der Waals surface area contributed by atoms with Gasteiger partial charge >= 0.3 is 0 Å². The molecule has 0 unspecified atom stereocenters. The molecule has 0 radical (unpaired) electrons. The van der Waals surface area contributed by atoms with Crippen molar-refractivity contribution in [1.82, 2.24) is 9.88 Å². The molecule has 0 atom stereocenters. The second-order valence-electron chi connectivity index (χ2n) is 6.13. The van der Waals surface area contributed by atoms with Gasteiger partial charge in [-0.05, 0) is 44.0 Å². The van der Waals surface area contributed by atoms with E-state index in [1.165, 1.54) is 43.4 Å². The zero-order valence-electron chi connectivity index (χ0n) is 12.0. The van der Waals surface area contributed by atoms with E-state index in [0.717, 1.165) is 17.9 Å². The second-order valence-corrected chi connectivity index (χ2v) is 6.13. The maximum absolute atomic E-state index is 4.91. The van der Waals surface area contributed by atoms with Gasteiger partial charge in [0.25, 0.3) is 0 Å². The van der Waals surface area contributed by atoms with E-state index in [1.54, 1.807) is 0 Å². The number of rotatable bonds is 1. The topological polar surface area (TPSA) is 19.4 Å². The lowest BCUT2D eigenvalue weighted by molar-refractivity contribution is 0.250. The molecule has 5 rings (SSSR count). The minimum absolute atomic E-state index is 0.684. The highest BCUT2D eigenvalue weighted by molar-refractivity contribution is 5.81. The van der Waals surface area contributed by atoms with Gasteiger partial charge in [0.2, 0.25) is 0 Å². The summed E-state index contributed by atoms with van der Waals surface area (Å²) in [4.78, 5) is 10.0. The van der Waals surface area contributed by atoms with Crippen LogP contribution < -0.4 is 4.90 Å². The summed E-state index contributed by atoms with van der Waals surface area (Å²) >= 11 is 0. The van der Waals surface area contributed by atoms with Crippen molar-refractivity contribution >= 4 is 16.7 Å². The van der Waals surface area contributed by atoms with Gasteiger partial charge in [0.05, 0.1) is 5.52 Å². The third kappa shape index (κ3) is 2.06. The number of anilines is 1. The van der Waals surface area contributed by atoms with Crippen molar-refractivity contribution in [2.75, 3.05) is 31.1 Å². The predicted octanol–water partition coefficient (Wildman–Crippen LogP) is 2.83. The zero-order chi connectivity index (χ0) is 13.5. The Morgan fingerprint density at radius 2 is 1.85 bits per heavy atom. The first-order valence-corrected chi connectivity index (χ1v) is 7.66. The van der Waals surface area contributed by atoms with Crippen molar-refractivity contribution in [3.8, 4) is 0 Å². The van der Waals surface area contributed by atoms with Crippen molar-refractivity contribution in [3.63, 3.8) is 0 Å². The quantitative estimate of drug-likeness (QED) is 0.792. The highest BCUT2D eigenvalue weighted by atomic mass is 15.3. The highest BCUT2D eigenvalue weighted by Gasteiger charge is 2.29. The Morgan fingerprint density at radius 3 is 2.70 bits per heavy atom. The van der Waals surface area contributed by atoms with Crippen LogP contribution in [-0.2, 0) is 0 Å². The molecule has 3 aliphatic heterocycles. The molecule has 0 spiro atoms. The van der Waals surface area contributed by atoms with Crippen LogP contribution in [0.4, 0.5) is 5.82 Å². The Labute approximate surface area is 120 Å². The van der Waals surface area contributed by atoms with Gasteiger partial charge in [-0.15, -0.1) is 0 Å². The predicted molar refractivity (Wildman–Crippen MR) is 83.3 cm³/mol. The second kappa shape index (κ2) is 4.74. The van der Waals surface area contributed by atoms with Gasteiger partial charge < -0.3 is 9.80 Å². The molecule has 3 heteroatoms. The van der Waals surface area contributed by atoms with Crippen LogP contribution in [0.15, 0.2) is 30.3 Å². The number of aromatic nitrogens is 1. The molecule has 3 aliphatic rings. The van der Waals surface area contributed by atoms with E-state index in [2.05, 4.69) is 47.1 Å². The molecular weight excluding hydrogens is 246 g/mol. The molecule has 104 valence electrons. The van der Waals surface area contributed by atoms with Gasteiger partial charge in [0, 0.05) is 37.6 Å². The lowest BCUT2D eigenvalue weighted by Gasteiger charge is -2.32. The lowest BCUT2D eigenvalue weighted by Crippen LogP contribution is -2.38. The monoisotopic (exact) mass is 267 g/mol. The third-order valence-electron chi connectivity index (χ3n) is 4.78. The Kier molecular flexibility index (Phi) is 2.88. The molecule has 2 aromatic rings. The summed E-state index contributed by atoms with van der Waals surface area (Å²) in [5.41, 5.74) is 2.42. The van der Waals surface area contributed by atoms with E-state index in [-0.39, 0.29) is 0 Å². The van der Waals surface area contributed by atoms with Crippen LogP contribution >= 0.6 is 0 Å². The summed E-state index contributed by atoms with van der Waals surface area (Å²) in [5.74, 6) is 1.16. The zero-order valence-corrected chi connectivity index (χ0v) is 12.0. The molecule has 0 amide bonds. The van der Waals surface area contributed by atoms with E-state index in [1.807, 2.05) is 0 Å². The van der Waals surface area contributed by atoms with E-state index in [9.17, 15) is 0 Å². The molecule has 2 bridgehead atoms. The van der Waals surface area contributed by atoms with E-state index < -0.39 is 0 Å². The van der Waals surface area contributed by atoms with Gasteiger partial charge in [0.15, 0.2) is 0 Å². The van der Waals surface area contributed by atoms with Crippen molar-refractivity contribution in [1.29, 1.82) is 0 Å². The molecule has 0 N–H and O–H groups in total. The fraction of sp³-hybridized carbons (Fsp3) is 0.471. The Hall–Kier alpha value is -1.61. The van der Waals surface area contributed by atoms with E-state index in [4.69, 9.17) is 4.98 Å². The Balaban J connectivity index is 1.72. The molecule has 1 aromatic carbocycles. The van der Waals surface area contributed by atoms with Gasteiger partial charge in [-0.3, -0.25) is 0 Å². The number of hydrogen-bond acceptors (Lipinski definition) is 3. The fourth-order valence-electron chi connectivity index (χ4n) is 3.58. The smallest absolute Gasteiger partial charge is 0.129 e. The molecule has 4 heterocycles. The molecule has 1 aromatic heterocycles. The molecule has 3 saturated heterocycles. The summed E-state index contributed by atoms with van der Waals surface area (Å²) in [7, 11) is 0. The van der Waals surface area contributed by atoms with E-state index >= 15 is 0 Å². The molecule has 3 fully saturated rings. The van der Waals surface area contributed by atoms with Crippen LogP contribution in [0.25, 0.3) is 10.9 Å². The normalized spacial score (nSPS) is 25.9. The number of fused-ring (bicyclic) bond motifs is 5. The number of nitrogens with zero attached hydrogens (tertiary/aromatic N) is 3. The highest BCUT2D eigenvalue weighted by Crippen LogP contribution is 2.27. The Morgan fingerprint density at radius 1 is 1.00 bits per heavy atom. The number of benzene rings is 1. The maximum Gasteiger partial charge on any atom is 0.129 e. The number of aryl methyl sites for hydroxylation is 1.